The van der Waals surface area contributed by atoms with Crippen molar-refractivity contribution in [2.45, 2.75) is 17.8 Å². The number of halogens is 1. The Morgan fingerprint density at radius 3 is 3.00 bits per heavy atom. The Labute approximate surface area is 146 Å². The average Bonchev–Trinajstić information content (AvgIpc) is 3.13. The van der Waals surface area contributed by atoms with E-state index in [9.17, 15) is 4.79 Å². The first-order chi connectivity index (χ1) is 11.1. The van der Waals surface area contributed by atoms with Crippen molar-refractivity contribution in [3.05, 3.63) is 51.9 Å². The van der Waals surface area contributed by atoms with Gasteiger partial charge < -0.3 is 5.32 Å². The summed E-state index contributed by atoms with van der Waals surface area (Å²) >= 11 is 9.10. The van der Waals surface area contributed by atoms with E-state index in [1.54, 1.807) is 29.4 Å². The molecule has 0 fully saturated rings. The normalized spacial score (nSPS) is 10.7. The molecule has 118 valence electrons. The zero-order valence-electron chi connectivity index (χ0n) is 12.2. The summed E-state index contributed by atoms with van der Waals surface area (Å²) in [5, 5.41) is 11.7. The first kappa shape index (κ1) is 16.0. The molecule has 23 heavy (non-hydrogen) atoms. The number of anilines is 1. The molecule has 1 aromatic carbocycles. The molecular weight excluding hydrogens is 352 g/mol. The van der Waals surface area contributed by atoms with E-state index in [2.05, 4.69) is 15.5 Å². The van der Waals surface area contributed by atoms with E-state index in [0.29, 0.717) is 0 Å². The van der Waals surface area contributed by atoms with Crippen LogP contribution in [0.15, 0.2) is 47.9 Å². The monoisotopic (exact) mass is 364 g/mol. The molecule has 0 saturated heterocycles. The Morgan fingerprint density at radius 2 is 2.26 bits per heavy atom. The van der Waals surface area contributed by atoms with Gasteiger partial charge in [0, 0.05) is 23.2 Å². The van der Waals surface area contributed by atoms with Gasteiger partial charge in [-0.25, -0.2) is 0 Å². The van der Waals surface area contributed by atoms with E-state index in [-0.39, 0.29) is 5.91 Å². The highest BCUT2D eigenvalue weighted by Gasteiger charge is 2.09. The van der Waals surface area contributed by atoms with Gasteiger partial charge >= 0.3 is 0 Å². The Kier molecular flexibility index (Phi) is 5.00. The minimum absolute atomic E-state index is 0.102. The van der Waals surface area contributed by atoms with Crippen molar-refractivity contribution in [2.24, 2.45) is 0 Å². The first-order valence-corrected chi connectivity index (χ1v) is 8.95. The lowest BCUT2D eigenvalue weighted by molar-refractivity contribution is -0.114. The third-order valence-corrected chi connectivity index (χ3v) is 5.34. The number of rotatable bonds is 5. The number of thiophene rings is 1. The van der Waals surface area contributed by atoms with Gasteiger partial charge in [0.05, 0.1) is 10.0 Å². The average molecular weight is 365 g/mol. The number of benzene rings is 1. The standard InChI is InChI=1S/C15H13ClN4OS2/c1-10(21)18-11-3-2-4-12(7-11)20-9-17-19-15(20)22-8-13-5-6-14(16)23-13/h2-7,9H,8H2,1H3,(H,18,21). The maximum absolute atomic E-state index is 11.2. The zero-order chi connectivity index (χ0) is 16.2. The molecule has 0 aliphatic heterocycles. The summed E-state index contributed by atoms with van der Waals surface area (Å²) in [6.45, 7) is 1.49. The predicted molar refractivity (Wildman–Crippen MR) is 94.6 cm³/mol. The Balaban J connectivity index is 1.78. The van der Waals surface area contributed by atoms with Gasteiger partial charge in [-0.2, -0.15) is 0 Å². The molecule has 0 radical (unpaired) electrons. The van der Waals surface area contributed by atoms with Gasteiger partial charge in [0.2, 0.25) is 5.91 Å². The molecule has 1 amide bonds. The lowest BCUT2D eigenvalue weighted by atomic mass is 10.2. The maximum Gasteiger partial charge on any atom is 0.221 e. The van der Waals surface area contributed by atoms with Gasteiger partial charge in [-0.1, -0.05) is 29.4 Å². The second-order valence-corrected chi connectivity index (χ2v) is 7.45. The quantitative estimate of drug-likeness (QED) is 0.688. The summed E-state index contributed by atoms with van der Waals surface area (Å²) in [6, 6.07) is 11.5. The van der Waals surface area contributed by atoms with Crippen molar-refractivity contribution in [1.82, 2.24) is 14.8 Å². The Hall–Kier alpha value is -1.83. The number of hydrogen-bond acceptors (Lipinski definition) is 5. The number of carbonyl (C=O) groups is 1. The predicted octanol–water partition coefficient (Wildman–Crippen LogP) is 4.23. The third kappa shape index (κ3) is 4.13. The van der Waals surface area contributed by atoms with Crippen LogP contribution in [0.5, 0.6) is 0 Å². The van der Waals surface area contributed by atoms with Crippen molar-refractivity contribution in [2.75, 3.05) is 5.32 Å². The zero-order valence-corrected chi connectivity index (χ0v) is 14.6. The molecule has 0 spiro atoms. The number of thioether (sulfide) groups is 1. The molecule has 0 saturated carbocycles. The molecule has 0 bridgehead atoms. The minimum Gasteiger partial charge on any atom is -0.326 e. The van der Waals surface area contributed by atoms with Crippen LogP contribution in [0.1, 0.15) is 11.8 Å². The Morgan fingerprint density at radius 1 is 1.39 bits per heavy atom. The van der Waals surface area contributed by atoms with Crippen LogP contribution in [0.25, 0.3) is 5.69 Å². The smallest absolute Gasteiger partial charge is 0.221 e. The van der Waals surface area contributed by atoms with Crippen LogP contribution in [0.4, 0.5) is 5.69 Å². The molecule has 3 rings (SSSR count). The molecule has 0 aliphatic rings. The molecule has 0 aliphatic carbocycles. The van der Waals surface area contributed by atoms with Crippen LogP contribution in [0.3, 0.4) is 0 Å². The largest absolute Gasteiger partial charge is 0.326 e. The van der Waals surface area contributed by atoms with E-state index >= 15 is 0 Å². The van der Waals surface area contributed by atoms with Crippen LogP contribution in [0.2, 0.25) is 4.34 Å². The van der Waals surface area contributed by atoms with Crippen molar-refractivity contribution >= 4 is 46.3 Å². The van der Waals surface area contributed by atoms with Gasteiger partial charge in [0.15, 0.2) is 5.16 Å². The van der Waals surface area contributed by atoms with E-state index in [4.69, 9.17) is 11.6 Å². The molecule has 0 atom stereocenters. The summed E-state index contributed by atoms with van der Waals surface area (Å²) in [4.78, 5) is 12.4. The fourth-order valence-electron chi connectivity index (χ4n) is 2.00. The van der Waals surface area contributed by atoms with Crippen molar-refractivity contribution in [1.29, 1.82) is 0 Å². The van der Waals surface area contributed by atoms with Crippen LogP contribution in [-0.4, -0.2) is 20.7 Å². The summed E-state index contributed by atoms with van der Waals surface area (Å²) in [5.74, 6) is 0.677. The third-order valence-electron chi connectivity index (χ3n) is 2.93. The SMILES string of the molecule is CC(=O)Nc1cccc(-n2cnnc2SCc2ccc(Cl)s2)c1. The number of hydrogen-bond donors (Lipinski definition) is 1. The number of carbonyl (C=O) groups excluding carboxylic acids is 1. The van der Waals surface area contributed by atoms with Crippen molar-refractivity contribution in [3.63, 3.8) is 0 Å². The molecular formula is C15H13ClN4OS2. The Bertz CT molecular complexity index is 830. The van der Waals surface area contributed by atoms with E-state index < -0.39 is 0 Å². The van der Waals surface area contributed by atoms with E-state index in [1.807, 2.05) is 41.0 Å². The van der Waals surface area contributed by atoms with E-state index in [1.165, 1.54) is 11.8 Å². The van der Waals surface area contributed by atoms with Crippen molar-refractivity contribution < 1.29 is 4.79 Å². The molecule has 2 aromatic heterocycles. The molecule has 8 heteroatoms. The molecule has 5 nitrogen and oxygen atoms in total. The second kappa shape index (κ2) is 7.16. The van der Waals surface area contributed by atoms with Crippen LogP contribution < -0.4 is 5.32 Å². The number of nitrogens with one attached hydrogen (secondary N) is 1. The van der Waals surface area contributed by atoms with Crippen molar-refractivity contribution in [3.8, 4) is 5.69 Å². The van der Waals surface area contributed by atoms with E-state index in [0.717, 1.165) is 26.6 Å². The number of nitrogens with zero attached hydrogens (tertiary/aromatic N) is 3. The summed E-state index contributed by atoms with van der Waals surface area (Å²) < 4.78 is 2.68. The summed E-state index contributed by atoms with van der Waals surface area (Å²) in [5.41, 5.74) is 1.64. The van der Waals surface area contributed by atoms with Gasteiger partial charge in [0.25, 0.3) is 0 Å². The van der Waals surface area contributed by atoms with Gasteiger partial charge in [0.1, 0.15) is 6.33 Å². The highest BCUT2D eigenvalue weighted by Crippen LogP contribution is 2.29. The van der Waals surface area contributed by atoms with Crippen LogP contribution in [0, 0.1) is 0 Å². The molecule has 2 heterocycles. The number of amides is 1. The summed E-state index contributed by atoms with van der Waals surface area (Å²) in [6.07, 6.45) is 1.66. The van der Waals surface area contributed by atoms with Gasteiger partial charge in [-0.05, 0) is 30.3 Å². The lowest BCUT2D eigenvalue weighted by Crippen LogP contribution is -2.06. The molecule has 1 N–H and O–H groups in total. The first-order valence-electron chi connectivity index (χ1n) is 6.77. The topological polar surface area (TPSA) is 59.8 Å². The lowest BCUT2D eigenvalue weighted by Gasteiger charge is -2.08. The highest BCUT2D eigenvalue weighted by atomic mass is 35.5. The van der Waals surface area contributed by atoms with Gasteiger partial charge in [-0.15, -0.1) is 21.5 Å². The highest BCUT2D eigenvalue weighted by molar-refractivity contribution is 7.98. The number of aromatic nitrogens is 3. The van der Waals surface area contributed by atoms with Crippen LogP contribution in [-0.2, 0) is 10.5 Å². The van der Waals surface area contributed by atoms with Gasteiger partial charge in [-0.3, -0.25) is 9.36 Å². The molecule has 3 aromatic rings. The fourth-order valence-corrected chi connectivity index (χ4v) is 4.06. The maximum atomic E-state index is 11.2. The fraction of sp³-hybridized carbons (Fsp3) is 0.133. The van der Waals surface area contributed by atoms with Crippen LogP contribution >= 0.6 is 34.7 Å². The second-order valence-electron chi connectivity index (χ2n) is 4.71. The summed E-state index contributed by atoms with van der Waals surface area (Å²) in [7, 11) is 0. The minimum atomic E-state index is -0.102. The molecule has 0 unspecified atom stereocenters.